The SMILES string of the molecule is CC(NCC1CCCCC1C)c1ccc2[nH]c(=O)[nH]c2c1. The molecule has 1 aliphatic rings. The van der Waals surface area contributed by atoms with Gasteiger partial charge in [-0.05, 0) is 49.4 Å². The Kier molecular flexibility index (Phi) is 4.15. The number of H-pyrrole nitrogens is 2. The van der Waals surface area contributed by atoms with E-state index in [1.165, 1.54) is 31.2 Å². The third-order valence-corrected chi connectivity index (χ3v) is 5.02. The van der Waals surface area contributed by atoms with Crippen molar-refractivity contribution in [3.05, 3.63) is 34.2 Å². The molecule has 1 aromatic heterocycles. The van der Waals surface area contributed by atoms with Crippen LogP contribution in [-0.2, 0) is 0 Å². The molecule has 0 spiro atoms. The molecule has 4 heteroatoms. The first-order chi connectivity index (χ1) is 10.1. The normalized spacial score (nSPS) is 24.3. The Bertz CT molecular complexity index is 657. The van der Waals surface area contributed by atoms with Crippen molar-refractivity contribution in [3.8, 4) is 0 Å². The van der Waals surface area contributed by atoms with Crippen molar-refractivity contribution in [2.45, 2.75) is 45.6 Å². The lowest BCUT2D eigenvalue weighted by molar-refractivity contribution is 0.242. The third-order valence-electron chi connectivity index (χ3n) is 5.02. The molecule has 114 valence electrons. The Morgan fingerprint density at radius 2 is 2.00 bits per heavy atom. The predicted molar refractivity (Wildman–Crippen MR) is 86.5 cm³/mol. The predicted octanol–water partition coefficient (Wildman–Crippen LogP) is 3.33. The smallest absolute Gasteiger partial charge is 0.310 e. The van der Waals surface area contributed by atoms with E-state index in [2.05, 4.69) is 41.3 Å². The molecule has 0 saturated heterocycles. The summed E-state index contributed by atoms with van der Waals surface area (Å²) < 4.78 is 0. The number of aromatic amines is 2. The van der Waals surface area contributed by atoms with E-state index in [-0.39, 0.29) is 5.69 Å². The van der Waals surface area contributed by atoms with Crippen LogP contribution < -0.4 is 11.0 Å². The van der Waals surface area contributed by atoms with Crippen LogP contribution in [0.15, 0.2) is 23.0 Å². The molecule has 1 aromatic carbocycles. The van der Waals surface area contributed by atoms with E-state index < -0.39 is 0 Å². The molecular formula is C17H25N3O. The highest BCUT2D eigenvalue weighted by molar-refractivity contribution is 5.75. The number of hydrogen-bond donors (Lipinski definition) is 3. The summed E-state index contributed by atoms with van der Waals surface area (Å²) in [4.78, 5) is 16.9. The molecule has 1 saturated carbocycles. The topological polar surface area (TPSA) is 60.7 Å². The van der Waals surface area contributed by atoms with Gasteiger partial charge >= 0.3 is 5.69 Å². The van der Waals surface area contributed by atoms with Crippen LogP contribution in [-0.4, -0.2) is 16.5 Å². The summed E-state index contributed by atoms with van der Waals surface area (Å²) in [5.41, 5.74) is 2.84. The molecule has 3 rings (SSSR count). The molecule has 21 heavy (non-hydrogen) atoms. The molecule has 0 bridgehead atoms. The Morgan fingerprint density at radius 3 is 2.81 bits per heavy atom. The Balaban J connectivity index is 1.65. The van der Waals surface area contributed by atoms with Crippen LogP contribution in [0.3, 0.4) is 0 Å². The average Bonchev–Trinajstić information content (AvgIpc) is 2.85. The van der Waals surface area contributed by atoms with Gasteiger partial charge in [0.15, 0.2) is 0 Å². The molecule has 3 unspecified atom stereocenters. The van der Waals surface area contributed by atoms with Gasteiger partial charge in [-0.3, -0.25) is 0 Å². The second-order valence-electron chi connectivity index (χ2n) is 6.54. The van der Waals surface area contributed by atoms with Crippen molar-refractivity contribution in [1.82, 2.24) is 15.3 Å². The van der Waals surface area contributed by atoms with Crippen molar-refractivity contribution < 1.29 is 0 Å². The van der Waals surface area contributed by atoms with Gasteiger partial charge < -0.3 is 15.3 Å². The summed E-state index contributed by atoms with van der Waals surface area (Å²) in [7, 11) is 0. The van der Waals surface area contributed by atoms with Crippen LogP contribution in [0.4, 0.5) is 0 Å². The van der Waals surface area contributed by atoms with E-state index in [1.54, 1.807) is 0 Å². The monoisotopic (exact) mass is 287 g/mol. The Morgan fingerprint density at radius 1 is 1.24 bits per heavy atom. The Labute approximate surface area is 125 Å². The number of benzene rings is 1. The number of fused-ring (bicyclic) bond motifs is 1. The maximum absolute atomic E-state index is 11.3. The maximum atomic E-state index is 11.3. The second-order valence-corrected chi connectivity index (χ2v) is 6.54. The van der Waals surface area contributed by atoms with Crippen molar-refractivity contribution >= 4 is 11.0 Å². The minimum absolute atomic E-state index is 0.140. The van der Waals surface area contributed by atoms with Gasteiger partial charge in [0.25, 0.3) is 0 Å². The molecule has 0 amide bonds. The lowest BCUT2D eigenvalue weighted by Gasteiger charge is -2.30. The summed E-state index contributed by atoms with van der Waals surface area (Å²) in [6, 6.07) is 6.44. The first kappa shape index (κ1) is 14.4. The number of rotatable bonds is 4. The molecule has 0 radical (unpaired) electrons. The van der Waals surface area contributed by atoms with Crippen LogP contribution in [0.1, 0.15) is 51.1 Å². The van der Waals surface area contributed by atoms with Crippen molar-refractivity contribution in [3.63, 3.8) is 0 Å². The van der Waals surface area contributed by atoms with Crippen molar-refractivity contribution in [1.29, 1.82) is 0 Å². The fourth-order valence-electron chi connectivity index (χ4n) is 3.46. The Hall–Kier alpha value is -1.55. The summed E-state index contributed by atoms with van der Waals surface area (Å²) >= 11 is 0. The number of hydrogen-bond acceptors (Lipinski definition) is 2. The molecule has 1 aliphatic carbocycles. The lowest BCUT2D eigenvalue weighted by Crippen LogP contribution is -2.31. The first-order valence-electron chi connectivity index (χ1n) is 8.09. The van der Waals surface area contributed by atoms with Gasteiger partial charge in [-0.15, -0.1) is 0 Å². The fourth-order valence-corrected chi connectivity index (χ4v) is 3.46. The van der Waals surface area contributed by atoms with E-state index in [0.717, 1.165) is 29.4 Å². The van der Waals surface area contributed by atoms with Crippen LogP contribution in [0.2, 0.25) is 0 Å². The van der Waals surface area contributed by atoms with Crippen LogP contribution >= 0.6 is 0 Å². The van der Waals surface area contributed by atoms with Gasteiger partial charge in [0.05, 0.1) is 11.0 Å². The summed E-state index contributed by atoms with van der Waals surface area (Å²) in [5.74, 6) is 1.64. The standard InChI is InChI=1S/C17H25N3O/c1-11-5-3-4-6-14(11)10-18-12(2)13-7-8-15-16(9-13)20-17(21)19-15/h7-9,11-12,14,18H,3-6,10H2,1-2H3,(H2,19,20,21). The number of aromatic nitrogens is 2. The molecule has 1 heterocycles. The number of nitrogens with one attached hydrogen (secondary N) is 3. The maximum Gasteiger partial charge on any atom is 0.323 e. The highest BCUT2D eigenvalue weighted by Gasteiger charge is 2.21. The molecule has 2 aromatic rings. The van der Waals surface area contributed by atoms with Crippen LogP contribution in [0, 0.1) is 11.8 Å². The van der Waals surface area contributed by atoms with E-state index in [0.29, 0.717) is 6.04 Å². The van der Waals surface area contributed by atoms with Crippen LogP contribution in [0.25, 0.3) is 11.0 Å². The van der Waals surface area contributed by atoms with Crippen molar-refractivity contribution in [2.75, 3.05) is 6.54 Å². The number of imidazole rings is 1. The summed E-state index contributed by atoms with van der Waals surface area (Å²) in [6.45, 7) is 5.66. The third kappa shape index (κ3) is 3.21. The zero-order valence-corrected chi connectivity index (χ0v) is 12.9. The zero-order chi connectivity index (χ0) is 14.8. The van der Waals surface area contributed by atoms with Gasteiger partial charge in [-0.25, -0.2) is 4.79 Å². The van der Waals surface area contributed by atoms with E-state index in [4.69, 9.17) is 0 Å². The molecular weight excluding hydrogens is 262 g/mol. The highest BCUT2D eigenvalue weighted by Crippen LogP contribution is 2.29. The summed E-state index contributed by atoms with van der Waals surface area (Å²) in [5, 5.41) is 3.67. The first-order valence-corrected chi connectivity index (χ1v) is 8.09. The molecule has 3 N–H and O–H groups in total. The van der Waals surface area contributed by atoms with Gasteiger partial charge in [0, 0.05) is 6.04 Å². The quantitative estimate of drug-likeness (QED) is 0.807. The average molecular weight is 287 g/mol. The van der Waals surface area contributed by atoms with Gasteiger partial charge in [-0.1, -0.05) is 32.3 Å². The van der Waals surface area contributed by atoms with E-state index in [1.807, 2.05) is 6.07 Å². The molecule has 0 aliphatic heterocycles. The van der Waals surface area contributed by atoms with E-state index >= 15 is 0 Å². The van der Waals surface area contributed by atoms with Gasteiger partial charge in [0.1, 0.15) is 0 Å². The van der Waals surface area contributed by atoms with Crippen molar-refractivity contribution in [2.24, 2.45) is 11.8 Å². The lowest BCUT2D eigenvalue weighted by atomic mass is 9.80. The molecule has 4 nitrogen and oxygen atoms in total. The van der Waals surface area contributed by atoms with E-state index in [9.17, 15) is 4.79 Å². The zero-order valence-electron chi connectivity index (χ0n) is 12.9. The minimum Gasteiger partial charge on any atom is -0.310 e. The molecule has 1 fully saturated rings. The summed E-state index contributed by atoms with van der Waals surface area (Å²) in [6.07, 6.45) is 5.49. The van der Waals surface area contributed by atoms with Gasteiger partial charge in [0.2, 0.25) is 0 Å². The fraction of sp³-hybridized carbons (Fsp3) is 0.588. The van der Waals surface area contributed by atoms with Gasteiger partial charge in [-0.2, -0.15) is 0 Å². The van der Waals surface area contributed by atoms with Crippen LogP contribution in [0.5, 0.6) is 0 Å². The molecule has 3 atom stereocenters. The largest absolute Gasteiger partial charge is 0.323 e. The second kappa shape index (κ2) is 6.06. The minimum atomic E-state index is -0.140. The highest BCUT2D eigenvalue weighted by atomic mass is 16.1.